The summed E-state index contributed by atoms with van der Waals surface area (Å²) >= 11 is 0. The number of aromatic nitrogens is 4. The van der Waals surface area contributed by atoms with Crippen LogP contribution in [-0.2, 0) is 11.3 Å². The van der Waals surface area contributed by atoms with Gasteiger partial charge in [-0.3, -0.25) is 4.79 Å². The van der Waals surface area contributed by atoms with E-state index in [0.29, 0.717) is 47.0 Å². The summed E-state index contributed by atoms with van der Waals surface area (Å²) in [5, 5.41) is 15.0. The van der Waals surface area contributed by atoms with Gasteiger partial charge in [-0.1, -0.05) is 12.1 Å². The Morgan fingerprint density at radius 3 is 2.70 bits per heavy atom. The first-order valence-electron chi connectivity index (χ1n) is 13.0. The van der Waals surface area contributed by atoms with E-state index in [-0.39, 0.29) is 29.1 Å². The lowest BCUT2D eigenvalue weighted by atomic mass is 10.1. The number of halogens is 2. The first kappa shape index (κ1) is 25.4. The molecule has 1 saturated carbocycles. The Morgan fingerprint density at radius 1 is 1.15 bits per heavy atom. The van der Waals surface area contributed by atoms with Crippen molar-refractivity contribution in [3.05, 3.63) is 72.1 Å². The number of anilines is 1. The summed E-state index contributed by atoms with van der Waals surface area (Å²) in [4.78, 5) is 23.5. The van der Waals surface area contributed by atoms with Gasteiger partial charge < -0.3 is 15.4 Å². The third-order valence-corrected chi connectivity index (χ3v) is 7.23. The Morgan fingerprint density at radius 2 is 1.95 bits per heavy atom. The molecule has 1 atom stereocenters. The fourth-order valence-corrected chi connectivity index (χ4v) is 5.03. The number of rotatable bonds is 7. The van der Waals surface area contributed by atoms with E-state index in [1.165, 1.54) is 18.5 Å². The lowest BCUT2D eigenvalue weighted by molar-refractivity contribution is -0.127. The second kappa shape index (κ2) is 10.4. The molecule has 6 rings (SSSR count). The molecular weight excluding hydrogens is 516 g/mol. The Balaban J connectivity index is 1.28. The molecule has 2 aromatic carbocycles. The Labute approximate surface area is 228 Å². The number of nitrogen functional groups attached to an aromatic ring is 1. The monoisotopic (exact) mass is 541 g/mol. The number of allylic oxidation sites excluding steroid dienone is 1. The van der Waals surface area contributed by atoms with Gasteiger partial charge in [0.1, 0.15) is 35.2 Å². The van der Waals surface area contributed by atoms with E-state index in [2.05, 4.69) is 16.0 Å². The molecule has 2 aromatic heterocycles. The molecule has 202 valence electrons. The van der Waals surface area contributed by atoms with Gasteiger partial charge in [0.25, 0.3) is 5.91 Å². The molecule has 2 fully saturated rings. The molecule has 4 aromatic rings. The van der Waals surface area contributed by atoms with Gasteiger partial charge in [-0.15, -0.1) is 0 Å². The van der Waals surface area contributed by atoms with Crippen LogP contribution in [0.3, 0.4) is 0 Å². The highest BCUT2D eigenvalue weighted by atomic mass is 19.2. The first-order chi connectivity index (χ1) is 19.4. The first-order valence-corrected chi connectivity index (χ1v) is 13.0. The quantitative estimate of drug-likeness (QED) is 0.258. The van der Waals surface area contributed by atoms with Crippen molar-refractivity contribution in [2.75, 3.05) is 12.3 Å². The van der Waals surface area contributed by atoms with E-state index in [1.54, 1.807) is 39.9 Å². The van der Waals surface area contributed by atoms with Gasteiger partial charge >= 0.3 is 0 Å². The predicted octanol–water partition coefficient (Wildman–Crippen LogP) is 5.00. The molecular formula is C29H25F2N7O2. The SMILES string of the molecule is N#C/C(=C\C1CC1)C(=O)N1CCC[C@@H]1Cn1nc(-c2ccc(Oc3cccc(F)c3F)cc2)c2c(N)ncnc21. The molecule has 9 nitrogen and oxygen atoms in total. The number of nitrogens with two attached hydrogens (primary N) is 1. The summed E-state index contributed by atoms with van der Waals surface area (Å²) in [7, 11) is 0. The van der Waals surface area contributed by atoms with Crippen LogP contribution < -0.4 is 10.5 Å². The summed E-state index contributed by atoms with van der Waals surface area (Å²) in [6, 6.07) is 12.4. The normalized spacial score (nSPS) is 17.3. The number of fused-ring (bicyclic) bond motifs is 1. The average molecular weight is 542 g/mol. The van der Waals surface area contributed by atoms with Crippen molar-refractivity contribution in [3.8, 4) is 28.8 Å². The van der Waals surface area contributed by atoms with Crippen LogP contribution in [0.15, 0.2) is 60.4 Å². The van der Waals surface area contributed by atoms with Gasteiger partial charge in [0, 0.05) is 12.1 Å². The fraction of sp³-hybridized carbons (Fsp3) is 0.276. The maximum absolute atomic E-state index is 14.0. The average Bonchev–Trinajstić information content (AvgIpc) is 3.54. The second-order valence-corrected chi connectivity index (χ2v) is 9.99. The topological polar surface area (TPSA) is 123 Å². The van der Waals surface area contributed by atoms with Gasteiger partial charge in [-0.25, -0.2) is 19.0 Å². The number of hydrogen-bond donors (Lipinski definition) is 1. The maximum Gasteiger partial charge on any atom is 0.264 e. The van der Waals surface area contributed by atoms with Crippen LogP contribution in [0.4, 0.5) is 14.6 Å². The fourth-order valence-electron chi connectivity index (χ4n) is 5.03. The van der Waals surface area contributed by atoms with Crippen LogP contribution in [0.1, 0.15) is 25.7 Å². The highest BCUT2D eigenvalue weighted by Crippen LogP contribution is 2.34. The summed E-state index contributed by atoms with van der Waals surface area (Å²) in [5.74, 6) is -1.63. The number of nitriles is 1. The van der Waals surface area contributed by atoms with Gasteiger partial charge in [-0.2, -0.15) is 14.8 Å². The number of benzene rings is 2. The molecule has 0 unspecified atom stereocenters. The number of hydrogen-bond acceptors (Lipinski definition) is 7. The van der Waals surface area contributed by atoms with E-state index >= 15 is 0 Å². The van der Waals surface area contributed by atoms with Crippen LogP contribution in [0.5, 0.6) is 11.5 Å². The highest BCUT2D eigenvalue weighted by Gasteiger charge is 2.33. The summed E-state index contributed by atoms with van der Waals surface area (Å²) in [6.45, 7) is 0.949. The third kappa shape index (κ3) is 4.84. The van der Waals surface area contributed by atoms with E-state index in [9.17, 15) is 18.8 Å². The van der Waals surface area contributed by atoms with Crippen molar-refractivity contribution in [2.45, 2.75) is 38.3 Å². The minimum Gasteiger partial charge on any atom is -0.454 e. The number of carbonyl (C=O) groups is 1. The van der Waals surface area contributed by atoms with Crippen LogP contribution in [-0.4, -0.2) is 43.1 Å². The molecule has 1 aliphatic carbocycles. The summed E-state index contributed by atoms with van der Waals surface area (Å²) in [5.41, 5.74) is 8.21. The molecule has 11 heteroatoms. The van der Waals surface area contributed by atoms with Crippen molar-refractivity contribution in [2.24, 2.45) is 5.92 Å². The standard InChI is InChI=1S/C29H25F2N7O2/c30-22-4-1-5-23(25(22)31)40-21-10-8-18(9-11-21)26-24-27(33)34-16-35-28(24)38(36-26)15-20-3-2-12-37(20)29(39)19(14-32)13-17-6-7-17/h1,4-5,8-11,13,16-17,20H,2-3,6-7,12,15H2,(H2,33,34,35)/b19-13+/t20-/m1/s1. The van der Waals surface area contributed by atoms with Crippen molar-refractivity contribution in [1.82, 2.24) is 24.6 Å². The number of likely N-dealkylation sites (tertiary alicyclic amines) is 1. The van der Waals surface area contributed by atoms with E-state index in [4.69, 9.17) is 15.6 Å². The van der Waals surface area contributed by atoms with E-state index in [0.717, 1.165) is 31.7 Å². The predicted molar refractivity (Wildman–Crippen MR) is 143 cm³/mol. The largest absolute Gasteiger partial charge is 0.454 e. The molecule has 0 bridgehead atoms. The van der Waals surface area contributed by atoms with Crippen molar-refractivity contribution < 1.29 is 18.3 Å². The molecule has 1 saturated heterocycles. The minimum atomic E-state index is -1.06. The Hall–Kier alpha value is -4.85. The van der Waals surface area contributed by atoms with Crippen LogP contribution >= 0.6 is 0 Å². The molecule has 1 aliphatic heterocycles. The zero-order valence-electron chi connectivity index (χ0n) is 21.4. The van der Waals surface area contributed by atoms with Gasteiger partial charge in [0.05, 0.1) is 18.0 Å². The summed E-state index contributed by atoms with van der Waals surface area (Å²) in [6.07, 6.45) is 6.79. The molecule has 0 spiro atoms. The third-order valence-electron chi connectivity index (χ3n) is 7.23. The minimum absolute atomic E-state index is 0.160. The molecule has 1 amide bonds. The molecule has 3 heterocycles. The zero-order valence-corrected chi connectivity index (χ0v) is 21.4. The van der Waals surface area contributed by atoms with Crippen LogP contribution in [0, 0.1) is 28.9 Å². The van der Waals surface area contributed by atoms with E-state index in [1.807, 2.05) is 0 Å². The summed E-state index contributed by atoms with van der Waals surface area (Å²) < 4.78 is 34.8. The smallest absolute Gasteiger partial charge is 0.264 e. The maximum atomic E-state index is 14.0. The number of ether oxygens (including phenoxy) is 1. The van der Waals surface area contributed by atoms with Crippen molar-refractivity contribution >= 4 is 22.8 Å². The highest BCUT2D eigenvalue weighted by molar-refractivity contribution is 5.99. The van der Waals surface area contributed by atoms with Gasteiger partial charge in [0.15, 0.2) is 17.2 Å². The van der Waals surface area contributed by atoms with Crippen molar-refractivity contribution in [1.29, 1.82) is 5.26 Å². The van der Waals surface area contributed by atoms with Gasteiger partial charge in [-0.05, 0) is 68.0 Å². The zero-order chi connectivity index (χ0) is 27.8. The van der Waals surface area contributed by atoms with Crippen molar-refractivity contribution in [3.63, 3.8) is 0 Å². The number of nitrogens with zero attached hydrogens (tertiary/aromatic N) is 6. The molecule has 2 N–H and O–H groups in total. The molecule has 2 aliphatic rings. The van der Waals surface area contributed by atoms with Gasteiger partial charge in [0.2, 0.25) is 5.82 Å². The Kier molecular flexibility index (Phi) is 6.59. The molecule has 0 radical (unpaired) electrons. The Bertz CT molecular complexity index is 1670. The number of amides is 1. The number of carbonyl (C=O) groups excluding carboxylic acids is 1. The van der Waals surface area contributed by atoms with Crippen LogP contribution in [0.25, 0.3) is 22.3 Å². The van der Waals surface area contributed by atoms with E-state index < -0.39 is 11.6 Å². The second-order valence-electron chi connectivity index (χ2n) is 9.99. The molecule has 40 heavy (non-hydrogen) atoms. The lowest BCUT2D eigenvalue weighted by Crippen LogP contribution is -2.39. The van der Waals surface area contributed by atoms with Crippen LogP contribution in [0.2, 0.25) is 0 Å². The lowest BCUT2D eigenvalue weighted by Gasteiger charge is -2.24.